The molecule has 1 aromatic carbocycles. The zero-order valence-corrected chi connectivity index (χ0v) is 19.2. The summed E-state index contributed by atoms with van der Waals surface area (Å²) in [5.41, 5.74) is 1.19. The summed E-state index contributed by atoms with van der Waals surface area (Å²) in [6.07, 6.45) is 0.759. The van der Waals surface area contributed by atoms with Crippen LogP contribution in [0.25, 0.3) is 0 Å². The molecule has 1 aromatic heterocycles. The Morgan fingerprint density at radius 2 is 1.84 bits per heavy atom. The van der Waals surface area contributed by atoms with Gasteiger partial charge in [0.05, 0.1) is 24.7 Å². The van der Waals surface area contributed by atoms with Gasteiger partial charge in [0.1, 0.15) is 0 Å². The van der Waals surface area contributed by atoms with E-state index in [1.54, 1.807) is 28.4 Å². The van der Waals surface area contributed by atoms with Crippen LogP contribution >= 0.6 is 11.3 Å². The summed E-state index contributed by atoms with van der Waals surface area (Å²) in [4.78, 5) is 16.5. The molecule has 0 N–H and O–H groups in total. The van der Waals surface area contributed by atoms with Gasteiger partial charge in [-0.3, -0.25) is 9.69 Å². The third-order valence-corrected chi connectivity index (χ3v) is 8.01. The molecule has 31 heavy (non-hydrogen) atoms. The highest BCUT2D eigenvalue weighted by Crippen LogP contribution is 2.33. The molecule has 1 amide bonds. The second-order valence-electron chi connectivity index (χ2n) is 7.75. The molecule has 0 radical (unpaired) electrons. The molecule has 8 nitrogen and oxygen atoms in total. The summed E-state index contributed by atoms with van der Waals surface area (Å²) in [7, 11) is -1.75. The van der Waals surface area contributed by atoms with Gasteiger partial charge < -0.3 is 14.4 Å². The molecule has 0 spiro atoms. The van der Waals surface area contributed by atoms with E-state index in [2.05, 4.69) is 11.4 Å². The highest BCUT2D eigenvalue weighted by Gasteiger charge is 2.31. The number of rotatable bonds is 6. The highest BCUT2D eigenvalue weighted by atomic mass is 32.2. The number of amides is 1. The van der Waals surface area contributed by atoms with Crippen molar-refractivity contribution in [1.82, 2.24) is 14.1 Å². The van der Waals surface area contributed by atoms with Crippen molar-refractivity contribution in [2.45, 2.75) is 17.9 Å². The van der Waals surface area contributed by atoms with E-state index < -0.39 is 10.0 Å². The Hall–Kier alpha value is -2.14. The number of hydrogen-bond donors (Lipinski definition) is 0. The fourth-order valence-electron chi connectivity index (χ4n) is 3.71. The van der Waals surface area contributed by atoms with Crippen molar-refractivity contribution in [1.29, 1.82) is 0 Å². The van der Waals surface area contributed by atoms with E-state index in [4.69, 9.17) is 9.47 Å². The lowest BCUT2D eigenvalue weighted by Crippen LogP contribution is -2.52. The molecular weight excluding hydrogens is 438 g/mol. The maximum atomic E-state index is 13.1. The smallest absolute Gasteiger partial charge is 0.243 e. The maximum absolute atomic E-state index is 13.1. The van der Waals surface area contributed by atoms with Crippen LogP contribution in [0.5, 0.6) is 11.5 Å². The van der Waals surface area contributed by atoms with Gasteiger partial charge in [-0.15, -0.1) is 0 Å². The van der Waals surface area contributed by atoms with Crippen LogP contribution in [0.15, 0.2) is 39.9 Å². The number of piperazine rings is 1. The Bertz CT molecular complexity index is 1000. The van der Waals surface area contributed by atoms with Crippen LogP contribution in [-0.4, -0.2) is 81.4 Å². The van der Waals surface area contributed by atoms with Crippen molar-refractivity contribution >= 4 is 27.3 Å². The van der Waals surface area contributed by atoms with Crippen LogP contribution in [-0.2, 0) is 21.4 Å². The molecule has 3 heterocycles. The second-order valence-corrected chi connectivity index (χ2v) is 10.5. The van der Waals surface area contributed by atoms with Crippen LogP contribution in [0.2, 0.25) is 0 Å². The summed E-state index contributed by atoms with van der Waals surface area (Å²) in [5.74, 6) is 1.05. The SMILES string of the molecule is CN(CC(=O)N1CCN(S(=O)(=O)c2ccc3c(c2)OCCCO3)CC1)Cc1ccsc1. The van der Waals surface area contributed by atoms with Crippen LogP contribution in [0.4, 0.5) is 0 Å². The highest BCUT2D eigenvalue weighted by molar-refractivity contribution is 7.89. The molecule has 2 aliphatic heterocycles. The first kappa shape index (κ1) is 22.1. The molecule has 0 unspecified atom stereocenters. The van der Waals surface area contributed by atoms with Crippen molar-refractivity contribution in [3.05, 3.63) is 40.6 Å². The van der Waals surface area contributed by atoms with Crippen LogP contribution < -0.4 is 9.47 Å². The van der Waals surface area contributed by atoms with Crippen molar-refractivity contribution in [3.63, 3.8) is 0 Å². The molecule has 168 valence electrons. The Balaban J connectivity index is 1.34. The summed E-state index contributed by atoms with van der Waals surface area (Å²) in [6, 6.07) is 6.79. The van der Waals surface area contributed by atoms with Crippen LogP contribution in [0.3, 0.4) is 0 Å². The fraction of sp³-hybridized carbons (Fsp3) is 0.476. The zero-order valence-electron chi connectivity index (χ0n) is 17.5. The van der Waals surface area contributed by atoms with Crippen molar-refractivity contribution in [2.24, 2.45) is 0 Å². The molecule has 2 aliphatic rings. The van der Waals surface area contributed by atoms with Crippen molar-refractivity contribution < 1.29 is 22.7 Å². The van der Waals surface area contributed by atoms with Gasteiger partial charge in [-0.25, -0.2) is 8.42 Å². The lowest BCUT2D eigenvalue weighted by Gasteiger charge is -2.34. The van der Waals surface area contributed by atoms with E-state index in [0.29, 0.717) is 50.9 Å². The van der Waals surface area contributed by atoms with E-state index in [1.807, 2.05) is 17.3 Å². The van der Waals surface area contributed by atoms with Gasteiger partial charge in [0.25, 0.3) is 0 Å². The predicted molar refractivity (Wildman–Crippen MR) is 118 cm³/mol. The minimum atomic E-state index is -3.66. The number of carbonyl (C=O) groups excluding carboxylic acids is 1. The standard InChI is InChI=1S/C21H27N3O5S2/c1-22(14-17-5-12-30-16-17)15-21(25)23-6-8-24(9-7-23)31(26,27)18-3-4-19-20(13-18)29-11-2-10-28-19/h3-5,12-13,16H,2,6-11,14-15H2,1H3. The molecular formula is C21H27N3O5S2. The third-order valence-electron chi connectivity index (χ3n) is 5.39. The lowest BCUT2D eigenvalue weighted by atomic mass is 10.3. The first-order chi connectivity index (χ1) is 14.9. The number of ether oxygens (including phenoxy) is 2. The van der Waals surface area contributed by atoms with E-state index in [0.717, 1.165) is 6.42 Å². The second kappa shape index (κ2) is 9.56. The van der Waals surface area contributed by atoms with Gasteiger partial charge in [-0.1, -0.05) is 0 Å². The molecule has 0 bridgehead atoms. The quantitative estimate of drug-likeness (QED) is 0.648. The summed E-state index contributed by atoms with van der Waals surface area (Å²) in [5, 5.41) is 4.10. The molecule has 4 rings (SSSR count). The predicted octanol–water partition coefficient (Wildman–Crippen LogP) is 1.87. The molecule has 1 fully saturated rings. The lowest BCUT2D eigenvalue weighted by molar-refractivity contribution is -0.133. The summed E-state index contributed by atoms with van der Waals surface area (Å²) >= 11 is 1.64. The first-order valence-electron chi connectivity index (χ1n) is 10.3. The van der Waals surface area contributed by atoms with Gasteiger partial charge >= 0.3 is 0 Å². The Kier molecular flexibility index (Phi) is 6.80. The number of fused-ring (bicyclic) bond motifs is 1. The Labute approximate surface area is 187 Å². The number of benzene rings is 1. The zero-order chi connectivity index (χ0) is 21.8. The summed E-state index contributed by atoms with van der Waals surface area (Å²) < 4.78 is 38.9. The molecule has 10 heteroatoms. The van der Waals surface area contributed by atoms with Crippen LogP contribution in [0.1, 0.15) is 12.0 Å². The number of thiophene rings is 1. The van der Waals surface area contributed by atoms with E-state index >= 15 is 0 Å². The van der Waals surface area contributed by atoms with Gasteiger partial charge in [0.2, 0.25) is 15.9 Å². The average molecular weight is 466 g/mol. The van der Waals surface area contributed by atoms with E-state index in [-0.39, 0.29) is 23.9 Å². The largest absolute Gasteiger partial charge is 0.490 e. The fourth-order valence-corrected chi connectivity index (χ4v) is 5.81. The van der Waals surface area contributed by atoms with Gasteiger partial charge in [0, 0.05) is 45.2 Å². The van der Waals surface area contributed by atoms with Crippen molar-refractivity contribution in [3.8, 4) is 11.5 Å². The number of nitrogens with zero attached hydrogens (tertiary/aromatic N) is 3. The monoisotopic (exact) mass is 465 g/mol. The van der Waals surface area contributed by atoms with Gasteiger partial charge in [0.15, 0.2) is 11.5 Å². The first-order valence-corrected chi connectivity index (χ1v) is 12.7. The minimum absolute atomic E-state index is 0.0188. The minimum Gasteiger partial charge on any atom is -0.490 e. The Morgan fingerprint density at radius 1 is 1.10 bits per heavy atom. The molecule has 0 atom stereocenters. The topological polar surface area (TPSA) is 79.4 Å². The third kappa shape index (κ3) is 5.20. The number of carbonyl (C=O) groups is 1. The number of likely N-dealkylation sites (N-methyl/N-ethyl adjacent to an activating group) is 1. The number of sulfonamides is 1. The summed E-state index contributed by atoms with van der Waals surface area (Å²) in [6.45, 7) is 3.39. The Morgan fingerprint density at radius 3 is 2.55 bits per heavy atom. The molecule has 1 saturated heterocycles. The molecule has 0 aliphatic carbocycles. The molecule has 0 saturated carbocycles. The van der Waals surface area contributed by atoms with Crippen LogP contribution in [0, 0.1) is 0 Å². The van der Waals surface area contributed by atoms with Crippen molar-refractivity contribution in [2.75, 3.05) is 53.0 Å². The molecule has 2 aromatic rings. The van der Waals surface area contributed by atoms with E-state index in [1.165, 1.54) is 15.9 Å². The maximum Gasteiger partial charge on any atom is 0.243 e. The number of hydrogen-bond acceptors (Lipinski definition) is 7. The van der Waals surface area contributed by atoms with Gasteiger partial charge in [-0.2, -0.15) is 15.6 Å². The average Bonchev–Trinajstić information content (AvgIpc) is 3.15. The van der Waals surface area contributed by atoms with Gasteiger partial charge in [-0.05, 0) is 41.6 Å². The van der Waals surface area contributed by atoms with E-state index in [9.17, 15) is 13.2 Å². The normalized spacial score (nSPS) is 17.5.